The van der Waals surface area contributed by atoms with E-state index >= 15 is 0 Å². The number of carbonyl (C=O) groups is 2. The summed E-state index contributed by atoms with van der Waals surface area (Å²) in [6.07, 6.45) is 0. The fourth-order valence-corrected chi connectivity index (χ4v) is 2.96. The fourth-order valence-electron chi connectivity index (χ4n) is 2.10. The molecule has 1 aromatic rings. The number of anilines is 1. The van der Waals surface area contributed by atoms with Crippen molar-refractivity contribution in [1.82, 2.24) is 9.69 Å². The Morgan fingerprint density at radius 1 is 1.53 bits per heavy atom. The van der Waals surface area contributed by atoms with Crippen LogP contribution in [0.25, 0.3) is 0 Å². The number of carboxylic acids is 1. The van der Waals surface area contributed by atoms with Crippen molar-refractivity contribution in [3.05, 3.63) is 11.3 Å². The number of rotatable bonds is 4. The number of carboxylic acid groups (broad SMARTS) is 1. The van der Waals surface area contributed by atoms with Gasteiger partial charge in [0.25, 0.3) is 0 Å². The molecule has 0 saturated carbocycles. The molecule has 1 unspecified atom stereocenters. The molecule has 1 atom stereocenters. The molecule has 2 heterocycles. The van der Waals surface area contributed by atoms with E-state index < -0.39 is 5.97 Å². The van der Waals surface area contributed by atoms with E-state index in [1.54, 1.807) is 14.0 Å². The van der Waals surface area contributed by atoms with Crippen LogP contribution in [0.3, 0.4) is 0 Å². The summed E-state index contributed by atoms with van der Waals surface area (Å²) in [5.74, 6) is -0.885. The summed E-state index contributed by atoms with van der Waals surface area (Å²) >= 11 is 1.05. The highest BCUT2D eigenvalue weighted by Crippen LogP contribution is 2.30. The number of hydrogen-bond donors (Lipinski definition) is 2. The van der Waals surface area contributed by atoms with Gasteiger partial charge in [-0.1, -0.05) is 6.92 Å². The first-order chi connectivity index (χ1) is 8.93. The highest BCUT2D eigenvalue weighted by molar-refractivity contribution is 7.11. The molecule has 0 spiro atoms. The zero-order chi connectivity index (χ0) is 14.2. The smallest absolute Gasteiger partial charge is 0.340 e. The lowest BCUT2D eigenvalue weighted by Gasteiger charge is -2.33. The van der Waals surface area contributed by atoms with Gasteiger partial charge in [0.2, 0.25) is 5.91 Å². The molecule has 0 radical (unpaired) electrons. The van der Waals surface area contributed by atoms with E-state index in [1.807, 2.05) is 6.92 Å². The van der Waals surface area contributed by atoms with Crippen LogP contribution in [0.15, 0.2) is 0 Å². The number of aryl methyl sites for hydroxylation is 1. The van der Waals surface area contributed by atoms with Gasteiger partial charge in [-0.05, 0) is 37.5 Å². The molecular weight excluding hydrogens is 266 g/mol. The van der Waals surface area contributed by atoms with Crippen molar-refractivity contribution in [2.75, 3.05) is 25.0 Å². The molecule has 19 heavy (non-hydrogen) atoms. The summed E-state index contributed by atoms with van der Waals surface area (Å²) in [5, 5.41) is 12.7. The predicted molar refractivity (Wildman–Crippen MR) is 72.7 cm³/mol. The lowest BCUT2D eigenvalue weighted by molar-refractivity contribution is -0.123. The number of nitrogens with one attached hydrogen (secondary N) is 1. The van der Waals surface area contributed by atoms with Crippen molar-refractivity contribution in [3.63, 3.8) is 0 Å². The number of aromatic nitrogens is 1. The van der Waals surface area contributed by atoms with Crippen molar-refractivity contribution < 1.29 is 14.7 Å². The number of nitrogens with zero attached hydrogens (tertiary/aromatic N) is 2. The highest BCUT2D eigenvalue weighted by Gasteiger charge is 2.33. The normalized spacial score (nSPS) is 16.8. The van der Waals surface area contributed by atoms with E-state index in [-0.39, 0.29) is 17.4 Å². The monoisotopic (exact) mass is 283 g/mol. The lowest BCUT2D eigenvalue weighted by Crippen LogP contribution is -2.50. The van der Waals surface area contributed by atoms with E-state index in [2.05, 4.69) is 9.69 Å². The summed E-state index contributed by atoms with van der Waals surface area (Å²) in [5.41, 5.74) is 0.574. The standard InChI is InChI=1S/C12H17N3O3S/c1-6(8-4-13-5-8)10(16)15(3)11-9(12(17)18)7(2)14-19-11/h6,8,13H,4-5H2,1-3H3,(H,17,18). The van der Waals surface area contributed by atoms with E-state index in [9.17, 15) is 14.7 Å². The van der Waals surface area contributed by atoms with Crippen molar-refractivity contribution in [1.29, 1.82) is 0 Å². The van der Waals surface area contributed by atoms with Crippen LogP contribution in [0.2, 0.25) is 0 Å². The van der Waals surface area contributed by atoms with E-state index in [0.29, 0.717) is 16.6 Å². The Labute approximate surface area is 115 Å². The second-order valence-electron chi connectivity index (χ2n) is 4.86. The van der Waals surface area contributed by atoms with Crippen LogP contribution >= 0.6 is 11.5 Å². The van der Waals surface area contributed by atoms with Gasteiger partial charge in [-0.3, -0.25) is 4.79 Å². The summed E-state index contributed by atoms with van der Waals surface area (Å²) in [6, 6.07) is 0. The van der Waals surface area contributed by atoms with Gasteiger partial charge in [0, 0.05) is 13.0 Å². The second-order valence-corrected chi connectivity index (χ2v) is 5.61. The minimum Gasteiger partial charge on any atom is -0.478 e. The van der Waals surface area contributed by atoms with Crippen molar-refractivity contribution in [2.24, 2.45) is 11.8 Å². The van der Waals surface area contributed by atoms with Crippen LogP contribution in [0.1, 0.15) is 23.0 Å². The number of hydrogen-bond acceptors (Lipinski definition) is 5. The maximum absolute atomic E-state index is 12.3. The van der Waals surface area contributed by atoms with Gasteiger partial charge >= 0.3 is 5.97 Å². The third-order valence-corrected chi connectivity index (χ3v) is 4.62. The number of carbonyl (C=O) groups excluding carboxylic acids is 1. The molecule has 2 rings (SSSR count). The van der Waals surface area contributed by atoms with Gasteiger partial charge < -0.3 is 15.3 Å². The zero-order valence-corrected chi connectivity index (χ0v) is 12.0. The van der Waals surface area contributed by atoms with Crippen LogP contribution < -0.4 is 10.2 Å². The summed E-state index contributed by atoms with van der Waals surface area (Å²) in [7, 11) is 1.62. The molecule has 104 valence electrons. The Balaban J connectivity index is 2.21. The van der Waals surface area contributed by atoms with E-state index in [4.69, 9.17) is 0 Å². The number of amides is 1. The quantitative estimate of drug-likeness (QED) is 0.860. The molecule has 1 aromatic heterocycles. The molecule has 1 amide bonds. The average molecular weight is 283 g/mol. The van der Waals surface area contributed by atoms with Crippen molar-refractivity contribution in [2.45, 2.75) is 13.8 Å². The molecule has 0 bridgehead atoms. The van der Waals surface area contributed by atoms with E-state index in [1.165, 1.54) is 4.90 Å². The molecule has 1 aliphatic heterocycles. The molecule has 1 fully saturated rings. The zero-order valence-electron chi connectivity index (χ0n) is 11.1. The topological polar surface area (TPSA) is 82.5 Å². The molecule has 2 N–H and O–H groups in total. The fraction of sp³-hybridized carbons (Fsp3) is 0.583. The van der Waals surface area contributed by atoms with Gasteiger partial charge in [0.1, 0.15) is 10.6 Å². The van der Waals surface area contributed by atoms with Crippen LogP contribution in [-0.2, 0) is 4.79 Å². The molecule has 7 heteroatoms. The largest absolute Gasteiger partial charge is 0.478 e. The molecule has 1 aliphatic rings. The first-order valence-corrected chi connectivity index (χ1v) is 6.88. The van der Waals surface area contributed by atoms with Crippen molar-refractivity contribution >= 4 is 28.4 Å². The predicted octanol–water partition coefficient (Wildman–Crippen LogP) is 0.968. The Morgan fingerprint density at radius 3 is 2.63 bits per heavy atom. The van der Waals surface area contributed by atoms with Crippen molar-refractivity contribution in [3.8, 4) is 0 Å². The van der Waals surface area contributed by atoms with Gasteiger partial charge in [0.05, 0.1) is 5.69 Å². The summed E-state index contributed by atoms with van der Waals surface area (Å²) in [6.45, 7) is 5.21. The number of aromatic carboxylic acids is 1. The van der Waals surface area contributed by atoms with Gasteiger partial charge in [-0.2, -0.15) is 4.37 Å². The van der Waals surface area contributed by atoms with Gasteiger partial charge in [-0.15, -0.1) is 0 Å². The third kappa shape index (κ3) is 2.48. The Hall–Kier alpha value is -1.47. The maximum atomic E-state index is 12.3. The average Bonchev–Trinajstić information content (AvgIpc) is 2.66. The minimum absolute atomic E-state index is 0.0577. The Bertz CT molecular complexity index is 510. The third-order valence-electron chi connectivity index (χ3n) is 3.60. The summed E-state index contributed by atoms with van der Waals surface area (Å²) in [4.78, 5) is 25.0. The molecule has 1 saturated heterocycles. The first kappa shape index (κ1) is 14.0. The molecular formula is C12H17N3O3S. The Morgan fingerprint density at radius 2 is 2.16 bits per heavy atom. The lowest BCUT2D eigenvalue weighted by atomic mass is 9.88. The molecule has 6 nitrogen and oxygen atoms in total. The summed E-state index contributed by atoms with van der Waals surface area (Å²) < 4.78 is 4.03. The molecule has 0 aliphatic carbocycles. The Kier molecular flexibility index (Phi) is 3.86. The SMILES string of the molecule is Cc1nsc(N(C)C(=O)C(C)C2CNC2)c1C(=O)O. The second kappa shape index (κ2) is 5.26. The van der Waals surface area contributed by atoms with Gasteiger partial charge in [0.15, 0.2) is 0 Å². The van der Waals surface area contributed by atoms with E-state index in [0.717, 1.165) is 24.6 Å². The van der Waals surface area contributed by atoms with Crippen LogP contribution in [0, 0.1) is 18.8 Å². The molecule has 0 aromatic carbocycles. The first-order valence-electron chi connectivity index (χ1n) is 6.11. The van der Waals surface area contributed by atoms with Crippen LogP contribution in [-0.4, -0.2) is 41.5 Å². The van der Waals surface area contributed by atoms with Crippen LogP contribution in [0.4, 0.5) is 5.00 Å². The maximum Gasteiger partial charge on any atom is 0.340 e. The minimum atomic E-state index is -1.04. The highest BCUT2D eigenvalue weighted by atomic mass is 32.1. The van der Waals surface area contributed by atoms with Gasteiger partial charge in [-0.25, -0.2) is 4.79 Å². The van der Waals surface area contributed by atoms with Crippen LogP contribution in [0.5, 0.6) is 0 Å².